The smallest absolute Gasteiger partial charge is 0.387 e. The van der Waals surface area contributed by atoms with Crippen LogP contribution in [0.3, 0.4) is 0 Å². The Kier molecular flexibility index (Phi) is 5.41. The van der Waals surface area contributed by atoms with E-state index in [-0.39, 0.29) is 28.6 Å². The summed E-state index contributed by atoms with van der Waals surface area (Å²) in [4.78, 5) is 23.2. The Balaban J connectivity index is 2.26. The van der Waals surface area contributed by atoms with Crippen molar-refractivity contribution in [2.45, 2.75) is 13.5 Å². The molecule has 2 rings (SSSR count). The quantitative estimate of drug-likeness (QED) is 0.875. The Bertz CT molecular complexity index is 766. The van der Waals surface area contributed by atoms with E-state index in [1.165, 1.54) is 37.3 Å². The summed E-state index contributed by atoms with van der Waals surface area (Å²) in [6, 6.07) is 8.98. The minimum absolute atomic E-state index is 0.0351. The fourth-order valence-corrected chi connectivity index (χ4v) is 1.94. The van der Waals surface area contributed by atoms with E-state index in [4.69, 9.17) is 0 Å². The van der Waals surface area contributed by atoms with E-state index >= 15 is 0 Å². The molecule has 0 fully saturated rings. The molecule has 0 saturated heterocycles. The van der Waals surface area contributed by atoms with Crippen LogP contribution in [-0.4, -0.2) is 18.4 Å². The topological polar surface area (TPSA) is 67.4 Å². The summed E-state index contributed by atoms with van der Waals surface area (Å²) in [5.41, 5.74) is -0.161. The molecule has 24 heavy (non-hydrogen) atoms. The van der Waals surface area contributed by atoms with Gasteiger partial charge >= 0.3 is 6.61 Å². The van der Waals surface area contributed by atoms with Crippen LogP contribution in [0.4, 0.5) is 24.5 Å². The number of rotatable bonds is 5. The van der Waals surface area contributed by atoms with Crippen molar-refractivity contribution in [1.82, 2.24) is 0 Å². The average Bonchev–Trinajstić information content (AvgIpc) is 2.50. The van der Waals surface area contributed by atoms with Crippen molar-refractivity contribution in [3.63, 3.8) is 0 Å². The molecule has 0 atom stereocenters. The maximum atomic E-state index is 13.8. The third-order valence-corrected chi connectivity index (χ3v) is 2.88. The maximum absolute atomic E-state index is 13.8. The minimum Gasteiger partial charge on any atom is -0.433 e. The standard InChI is InChI=1S/C16H13F3N2O3/c1-9(22)20-10-6-7-12(17)11(8-10)15(23)21-13-4-2-3-5-14(13)24-16(18)19/h2-8,16H,1H3,(H,20,22)(H,21,23). The molecule has 0 aliphatic carbocycles. The van der Waals surface area contributed by atoms with Crippen molar-refractivity contribution in [2.24, 2.45) is 0 Å². The molecule has 0 unspecified atom stereocenters. The lowest BCUT2D eigenvalue weighted by molar-refractivity contribution is -0.114. The molecular formula is C16H13F3N2O3. The summed E-state index contributed by atoms with van der Waals surface area (Å²) in [5, 5.41) is 4.72. The molecule has 2 aromatic rings. The van der Waals surface area contributed by atoms with Crippen LogP contribution < -0.4 is 15.4 Å². The fraction of sp³-hybridized carbons (Fsp3) is 0.125. The molecule has 0 saturated carbocycles. The van der Waals surface area contributed by atoms with E-state index in [9.17, 15) is 22.8 Å². The molecule has 2 amide bonds. The molecule has 0 aliphatic heterocycles. The number of ether oxygens (including phenoxy) is 1. The highest BCUT2D eigenvalue weighted by Crippen LogP contribution is 2.26. The van der Waals surface area contributed by atoms with Crippen LogP contribution in [-0.2, 0) is 4.79 Å². The number of carbonyl (C=O) groups is 2. The molecular weight excluding hydrogens is 325 g/mol. The predicted octanol–water partition coefficient (Wildman–Crippen LogP) is 3.64. The number of hydrogen-bond acceptors (Lipinski definition) is 3. The molecule has 126 valence electrons. The number of nitrogens with one attached hydrogen (secondary N) is 2. The van der Waals surface area contributed by atoms with Crippen LogP contribution in [0.25, 0.3) is 0 Å². The second-order valence-electron chi connectivity index (χ2n) is 4.70. The summed E-state index contributed by atoms with van der Waals surface area (Å²) >= 11 is 0. The van der Waals surface area contributed by atoms with Gasteiger partial charge in [-0.05, 0) is 30.3 Å². The van der Waals surface area contributed by atoms with E-state index < -0.39 is 18.3 Å². The van der Waals surface area contributed by atoms with E-state index in [1.807, 2.05) is 0 Å². The molecule has 0 bridgehead atoms. The highest BCUT2D eigenvalue weighted by molar-refractivity contribution is 6.06. The number of benzene rings is 2. The molecule has 0 radical (unpaired) electrons. The summed E-state index contributed by atoms with van der Waals surface area (Å²) in [7, 11) is 0. The normalized spacial score (nSPS) is 10.4. The Morgan fingerprint density at radius 3 is 2.46 bits per heavy atom. The highest BCUT2D eigenvalue weighted by atomic mass is 19.3. The van der Waals surface area contributed by atoms with Crippen LogP contribution in [0.1, 0.15) is 17.3 Å². The van der Waals surface area contributed by atoms with Crippen LogP contribution in [0.5, 0.6) is 5.75 Å². The third-order valence-electron chi connectivity index (χ3n) is 2.88. The van der Waals surface area contributed by atoms with Crippen LogP contribution in [0.15, 0.2) is 42.5 Å². The number of halogens is 3. The first-order valence-corrected chi connectivity index (χ1v) is 6.79. The van der Waals surface area contributed by atoms with Gasteiger partial charge in [-0.25, -0.2) is 4.39 Å². The Morgan fingerprint density at radius 2 is 1.79 bits per heavy atom. The molecule has 0 aliphatic rings. The van der Waals surface area contributed by atoms with Gasteiger partial charge in [-0.15, -0.1) is 0 Å². The van der Waals surface area contributed by atoms with E-state index in [2.05, 4.69) is 15.4 Å². The van der Waals surface area contributed by atoms with Gasteiger partial charge in [-0.2, -0.15) is 8.78 Å². The van der Waals surface area contributed by atoms with E-state index in [1.54, 1.807) is 0 Å². The number of para-hydroxylation sites is 2. The molecule has 0 spiro atoms. The van der Waals surface area contributed by atoms with Crippen LogP contribution in [0, 0.1) is 5.82 Å². The van der Waals surface area contributed by atoms with Crippen molar-refractivity contribution < 1.29 is 27.5 Å². The number of carbonyl (C=O) groups excluding carboxylic acids is 2. The second kappa shape index (κ2) is 7.49. The maximum Gasteiger partial charge on any atom is 0.387 e. The van der Waals surface area contributed by atoms with Crippen molar-refractivity contribution in [1.29, 1.82) is 0 Å². The predicted molar refractivity (Wildman–Crippen MR) is 81.7 cm³/mol. The summed E-state index contributed by atoms with van der Waals surface area (Å²) in [6.45, 7) is -1.80. The number of hydrogen-bond donors (Lipinski definition) is 2. The lowest BCUT2D eigenvalue weighted by Gasteiger charge is -2.12. The number of anilines is 2. The summed E-state index contributed by atoms with van der Waals surface area (Å²) in [5.74, 6) is -2.33. The first-order valence-electron chi connectivity index (χ1n) is 6.79. The fourth-order valence-electron chi connectivity index (χ4n) is 1.94. The Morgan fingerprint density at radius 1 is 1.08 bits per heavy atom. The largest absolute Gasteiger partial charge is 0.433 e. The first-order chi connectivity index (χ1) is 11.4. The van der Waals surface area contributed by atoms with Crippen molar-refractivity contribution in [3.8, 4) is 5.75 Å². The third kappa shape index (κ3) is 4.48. The van der Waals surface area contributed by atoms with Gasteiger partial charge in [0.25, 0.3) is 5.91 Å². The van der Waals surface area contributed by atoms with E-state index in [0.717, 1.165) is 12.1 Å². The number of alkyl halides is 2. The van der Waals surface area contributed by atoms with Gasteiger partial charge in [0.2, 0.25) is 5.91 Å². The summed E-state index contributed by atoms with van der Waals surface area (Å²) < 4.78 is 42.9. The van der Waals surface area contributed by atoms with Crippen LogP contribution >= 0.6 is 0 Å². The average molecular weight is 338 g/mol. The highest BCUT2D eigenvalue weighted by Gasteiger charge is 2.16. The van der Waals surface area contributed by atoms with Gasteiger partial charge in [-0.3, -0.25) is 9.59 Å². The molecule has 2 N–H and O–H groups in total. The second-order valence-corrected chi connectivity index (χ2v) is 4.70. The minimum atomic E-state index is -3.07. The van der Waals surface area contributed by atoms with Crippen LogP contribution in [0.2, 0.25) is 0 Å². The Hall–Kier alpha value is -3.03. The van der Waals surface area contributed by atoms with Gasteiger partial charge < -0.3 is 15.4 Å². The van der Waals surface area contributed by atoms with Gasteiger partial charge in [0.05, 0.1) is 11.3 Å². The van der Waals surface area contributed by atoms with Gasteiger partial charge in [-0.1, -0.05) is 12.1 Å². The van der Waals surface area contributed by atoms with Crippen molar-refractivity contribution >= 4 is 23.2 Å². The monoisotopic (exact) mass is 338 g/mol. The lowest BCUT2D eigenvalue weighted by Crippen LogP contribution is -2.16. The van der Waals surface area contributed by atoms with Gasteiger partial charge in [0.1, 0.15) is 11.6 Å². The van der Waals surface area contributed by atoms with Gasteiger partial charge in [0, 0.05) is 12.6 Å². The zero-order chi connectivity index (χ0) is 17.7. The van der Waals surface area contributed by atoms with Gasteiger partial charge in [0.15, 0.2) is 0 Å². The molecule has 0 aromatic heterocycles. The lowest BCUT2D eigenvalue weighted by atomic mass is 10.1. The molecule has 2 aromatic carbocycles. The zero-order valence-electron chi connectivity index (χ0n) is 12.5. The Labute approximate surface area is 135 Å². The zero-order valence-corrected chi connectivity index (χ0v) is 12.5. The molecule has 5 nitrogen and oxygen atoms in total. The molecule has 0 heterocycles. The van der Waals surface area contributed by atoms with Crippen molar-refractivity contribution in [3.05, 3.63) is 53.8 Å². The molecule has 8 heteroatoms. The SMILES string of the molecule is CC(=O)Nc1ccc(F)c(C(=O)Nc2ccccc2OC(F)F)c1. The summed E-state index contributed by atoms with van der Waals surface area (Å²) in [6.07, 6.45) is 0. The number of amides is 2. The van der Waals surface area contributed by atoms with Crippen molar-refractivity contribution in [2.75, 3.05) is 10.6 Å². The first kappa shape index (κ1) is 17.3. The van der Waals surface area contributed by atoms with E-state index in [0.29, 0.717) is 0 Å².